The van der Waals surface area contributed by atoms with Crippen molar-refractivity contribution < 1.29 is 18.7 Å². The fourth-order valence-electron chi connectivity index (χ4n) is 3.82. The van der Waals surface area contributed by atoms with Crippen LogP contribution in [-0.2, 0) is 9.59 Å². The predicted octanol–water partition coefficient (Wildman–Crippen LogP) is 4.86. The number of hydrogen-bond acceptors (Lipinski definition) is 5. The molecule has 1 aliphatic carbocycles. The summed E-state index contributed by atoms with van der Waals surface area (Å²) in [6.45, 7) is 3.75. The summed E-state index contributed by atoms with van der Waals surface area (Å²) in [5, 5.41) is 13.4. The van der Waals surface area contributed by atoms with Gasteiger partial charge in [-0.25, -0.2) is 9.37 Å². The number of nitrogens with one attached hydrogen (secondary N) is 3. The Morgan fingerprint density at radius 3 is 2.47 bits per heavy atom. The molecule has 0 aliphatic heterocycles. The van der Waals surface area contributed by atoms with Gasteiger partial charge >= 0.3 is 0 Å². The normalized spacial score (nSPS) is 14.0. The van der Waals surface area contributed by atoms with Crippen LogP contribution in [0.2, 0.25) is 0 Å². The fraction of sp³-hybridized carbons (Fsp3) is 0.200. The zero-order chi connectivity index (χ0) is 23.9. The van der Waals surface area contributed by atoms with E-state index in [4.69, 9.17) is 4.74 Å². The zero-order valence-corrected chi connectivity index (χ0v) is 18.6. The Balaban J connectivity index is 1.29. The molecule has 1 saturated carbocycles. The summed E-state index contributed by atoms with van der Waals surface area (Å²) >= 11 is 0. The lowest BCUT2D eigenvalue weighted by Crippen LogP contribution is -2.35. The summed E-state index contributed by atoms with van der Waals surface area (Å²) in [6.07, 6.45) is 2.54. The van der Waals surface area contributed by atoms with Crippen LogP contribution in [0.4, 0.5) is 15.8 Å². The lowest BCUT2D eigenvalue weighted by Gasteiger charge is -2.17. The second-order valence-corrected chi connectivity index (χ2v) is 8.43. The van der Waals surface area contributed by atoms with Crippen LogP contribution in [0.1, 0.15) is 24.1 Å². The number of ether oxygens (including phenoxy) is 1. The van der Waals surface area contributed by atoms with Crippen molar-refractivity contribution in [3.63, 3.8) is 0 Å². The molecule has 2 aromatic carbocycles. The Labute approximate surface area is 194 Å². The number of anilines is 2. The molecule has 1 fully saturated rings. The van der Waals surface area contributed by atoms with Crippen LogP contribution in [0.3, 0.4) is 0 Å². The number of carbonyl (C=O) groups excluding carboxylic acids is 2. The maximum Gasteiger partial charge on any atom is 0.240 e. The van der Waals surface area contributed by atoms with Gasteiger partial charge in [0.1, 0.15) is 22.7 Å². The molecule has 0 unspecified atom stereocenters. The van der Waals surface area contributed by atoms with Crippen molar-refractivity contribution in [2.45, 2.75) is 26.7 Å². The van der Waals surface area contributed by atoms with E-state index in [1.165, 1.54) is 24.3 Å². The second kappa shape index (κ2) is 8.26. The molecule has 3 N–H and O–H groups in total. The van der Waals surface area contributed by atoms with E-state index in [0.29, 0.717) is 41.4 Å². The number of hydrogen-bond donors (Lipinski definition) is 3. The number of carbonyl (C=O) groups is 2. The molecule has 4 aromatic rings. The average Bonchev–Trinajstić information content (AvgIpc) is 3.55. The average molecular weight is 459 g/mol. The summed E-state index contributed by atoms with van der Waals surface area (Å²) in [7, 11) is 0. The number of benzene rings is 2. The first-order valence-corrected chi connectivity index (χ1v) is 10.8. The van der Waals surface area contributed by atoms with E-state index in [1.54, 1.807) is 24.4 Å². The molecule has 2 amide bonds. The smallest absolute Gasteiger partial charge is 0.240 e. The van der Waals surface area contributed by atoms with E-state index in [1.807, 2.05) is 19.9 Å². The summed E-state index contributed by atoms with van der Waals surface area (Å²) in [6, 6.07) is 12.5. The quantitative estimate of drug-likeness (QED) is 0.357. The van der Waals surface area contributed by atoms with Crippen molar-refractivity contribution in [1.29, 1.82) is 0 Å². The summed E-state index contributed by atoms with van der Waals surface area (Å²) in [4.78, 5) is 30.0. The molecule has 34 heavy (non-hydrogen) atoms. The maximum atomic E-state index is 13.1. The van der Waals surface area contributed by atoms with Gasteiger partial charge < -0.3 is 15.4 Å². The largest absolute Gasteiger partial charge is 0.456 e. The van der Waals surface area contributed by atoms with E-state index in [-0.39, 0.29) is 5.91 Å². The Kier molecular flexibility index (Phi) is 5.24. The van der Waals surface area contributed by atoms with Crippen LogP contribution >= 0.6 is 0 Å². The molecular formula is C25H22FN5O3. The van der Waals surface area contributed by atoms with Crippen molar-refractivity contribution in [3.05, 3.63) is 71.8 Å². The van der Waals surface area contributed by atoms with Gasteiger partial charge in [0, 0.05) is 23.3 Å². The number of aryl methyl sites for hydroxylation is 2. The highest BCUT2D eigenvalue weighted by Gasteiger charge is 2.56. The van der Waals surface area contributed by atoms with Crippen molar-refractivity contribution in [2.24, 2.45) is 5.41 Å². The first-order valence-electron chi connectivity index (χ1n) is 10.8. The molecule has 0 bridgehead atoms. The number of amides is 2. The van der Waals surface area contributed by atoms with Gasteiger partial charge in [0.15, 0.2) is 5.65 Å². The van der Waals surface area contributed by atoms with Crippen LogP contribution in [0, 0.1) is 25.1 Å². The van der Waals surface area contributed by atoms with E-state index < -0.39 is 17.1 Å². The molecule has 2 aromatic heterocycles. The zero-order valence-electron chi connectivity index (χ0n) is 18.6. The highest BCUT2D eigenvalue weighted by atomic mass is 19.1. The number of aromatic amines is 1. The molecule has 9 heteroatoms. The van der Waals surface area contributed by atoms with Gasteiger partial charge in [0.2, 0.25) is 11.8 Å². The molecule has 2 heterocycles. The molecule has 1 aliphatic rings. The number of aromatic nitrogens is 3. The number of nitrogens with zero attached hydrogens (tertiary/aromatic N) is 2. The Morgan fingerprint density at radius 2 is 1.76 bits per heavy atom. The van der Waals surface area contributed by atoms with Crippen LogP contribution in [0.15, 0.2) is 54.7 Å². The minimum absolute atomic E-state index is 0.367. The Bertz CT molecular complexity index is 1410. The highest BCUT2D eigenvalue weighted by Crippen LogP contribution is 2.47. The number of fused-ring (bicyclic) bond motifs is 1. The highest BCUT2D eigenvalue weighted by molar-refractivity contribution is 6.17. The molecular weight excluding hydrogens is 437 g/mol. The lowest BCUT2D eigenvalue weighted by molar-refractivity contribution is -0.131. The first kappa shape index (κ1) is 21.6. The van der Waals surface area contributed by atoms with E-state index in [0.717, 1.165) is 16.6 Å². The Hall–Kier alpha value is -4.27. The van der Waals surface area contributed by atoms with Gasteiger partial charge in [-0.1, -0.05) is 0 Å². The minimum Gasteiger partial charge on any atom is -0.456 e. The monoisotopic (exact) mass is 459 g/mol. The van der Waals surface area contributed by atoms with Crippen LogP contribution in [0.5, 0.6) is 11.5 Å². The van der Waals surface area contributed by atoms with Crippen molar-refractivity contribution >= 4 is 34.2 Å². The van der Waals surface area contributed by atoms with Crippen LogP contribution < -0.4 is 15.4 Å². The van der Waals surface area contributed by atoms with Gasteiger partial charge in [-0.3, -0.25) is 14.7 Å². The third-order valence-electron chi connectivity index (χ3n) is 5.99. The Morgan fingerprint density at radius 1 is 1.03 bits per heavy atom. The molecule has 0 atom stereocenters. The lowest BCUT2D eigenvalue weighted by atomic mass is 10.0. The third-order valence-corrected chi connectivity index (χ3v) is 5.99. The molecule has 172 valence electrons. The number of H-pyrrole nitrogens is 1. The topological polar surface area (TPSA) is 109 Å². The molecule has 0 spiro atoms. The molecule has 8 nitrogen and oxygen atoms in total. The minimum atomic E-state index is -1.13. The number of halogens is 1. The standard InChI is InChI=1S/C25H22FN5O3/c1-14-13-18(34-20-9-12-27-22-21(20)15(2)30-31-22)7-8-19(14)29-24(33)25(10-11-25)23(32)28-17-5-3-16(26)4-6-17/h3-9,12-13H,10-11H2,1-2H3,(H,28,32)(H,29,33)(H,27,30,31). The second-order valence-electron chi connectivity index (χ2n) is 8.43. The molecule has 0 saturated heterocycles. The third kappa shape index (κ3) is 3.96. The molecule has 0 radical (unpaired) electrons. The number of pyridine rings is 1. The van der Waals surface area contributed by atoms with E-state index in [9.17, 15) is 14.0 Å². The SMILES string of the molecule is Cc1cc(Oc2ccnc3n[nH]c(C)c23)ccc1NC(=O)C1(C(=O)Nc2ccc(F)cc2)CC1. The summed E-state index contributed by atoms with van der Waals surface area (Å²) < 4.78 is 19.2. The number of rotatable bonds is 6. The predicted molar refractivity (Wildman–Crippen MR) is 125 cm³/mol. The van der Waals surface area contributed by atoms with E-state index >= 15 is 0 Å². The van der Waals surface area contributed by atoms with E-state index in [2.05, 4.69) is 25.8 Å². The fourth-order valence-corrected chi connectivity index (χ4v) is 3.82. The van der Waals surface area contributed by atoms with Crippen molar-refractivity contribution in [2.75, 3.05) is 10.6 Å². The summed E-state index contributed by atoms with van der Waals surface area (Å²) in [5.74, 6) is 0.0637. The van der Waals surface area contributed by atoms with Crippen molar-refractivity contribution in [3.8, 4) is 11.5 Å². The van der Waals surface area contributed by atoms with Crippen LogP contribution in [0.25, 0.3) is 11.0 Å². The molecule has 5 rings (SSSR count). The maximum absolute atomic E-state index is 13.1. The van der Waals surface area contributed by atoms with Gasteiger partial charge in [0.25, 0.3) is 0 Å². The van der Waals surface area contributed by atoms with Gasteiger partial charge in [-0.2, -0.15) is 5.10 Å². The van der Waals surface area contributed by atoms with Gasteiger partial charge in [-0.05, 0) is 80.8 Å². The van der Waals surface area contributed by atoms with Gasteiger partial charge in [-0.15, -0.1) is 0 Å². The summed E-state index contributed by atoms with van der Waals surface area (Å²) in [5.41, 5.74) is 2.13. The first-order chi connectivity index (χ1) is 16.4. The van der Waals surface area contributed by atoms with Crippen molar-refractivity contribution in [1.82, 2.24) is 15.2 Å². The van der Waals surface area contributed by atoms with Gasteiger partial charge in [0.05, 0.1) is 5.39 Å². The van der Waals surface area contributed by atoms with Crippen LogP contribution in [-0.4, -0.2) is 27.0 Å².